The highest BCUT2D eigenvalue weighted by Gasteiger charge is 2.35. The summed E-state index contributed by atoms with van der Waals surface area (Å²) >= 11 is 0. The summed E-state index contributed by atoms with van der Waals surface area (Å²) in [6.45, 7) is 3.25. The van der Waals surface area contributed by atoms with E-state index in [0.29, 0.717) is 10.9 Å². The third kappa shape index (κ3) is 2.73. The number of nitrogens with one attached hydrogen (secondary N) is 1. The first-order chi connectivity index (χ1) is 12.7. The number of pyridine rings is 1. The predicted molar refractivity (Wildman–Crippen MR) is 89.7 cm³/mol. The summed E-state index contributed by atoms with van der Waals surface area (Å²) in [5.41, 5.74) is 0.670. The van der Waals surface area contributed by atoms with Crippen molar-refractivity contribution < 1.29 is 22.0 Å². The Labute approximate surface area is 149 Å². The molecule has 27 heavy (non-hydrogen) atoms. The van der Waals surface area contributed by atoms with Crippen LogP contribution in [-0.2, 0) is 6.18 Å². The topological polar surface area (TPSA) is 46.0 Å². The first-order valence-corrected chi connectivity index (χ1v) is 7.99. The van der Waals surface area contributed by atoms with Gasteiger partial charge in [-0.25, -0.2) is 13.3 Å². The second-order valence-corrected chi connectivity index (χ2v) is 6.38. The molecule has 9 heteroatoms. The van der Waals surface area contributed by atoms with Crippen molar-refractivity contribution in [2.24, 2.45) is 0 Å². The zero-order valence-corrected chi connectivity index (χ0v) is 14.2. The van der Waals surface area contributed by atoms with Crippen molar-refractivity contribution in [1.29, 1.82) is 0 Å². The minimum absolute atomic E-state index is 0.0627. The number of aryl methyl sites for hydroxylation is 2. The SMILES string of the molecule is Cc1cc(-c2c(C(F)F)cc(C)c3cc(C(F)(F)F)nn23)cc2cn[nH]c12. The van der Waals surface area contributed by atoms with E-state index < -0.39 is 18.3 Å². The van der Waals surface area contributed by atoms with Gasteiger partial charge in [-0.05, 0) is 49.2 Å². The van der Waals surface area contributed by atoms with E-state index in [1.807, 2.05) is 0 Å². The maximum Gasteiger partial charge on any atom is 0.435 e. The first kappa shape index (κ1) is 17.4. The number of hydrogen-bond donors (Lipinski definition) is 1. The van der Waals surface area contributed by atoms with Crippen molar-refractivity contribution in [3.63, 3.8) is 0 Å². The average Bonchev–Trinajstić information content (AvgIpc) is 3.20. The zero-order valence-electron chi connectivity index (χ0n) is 14.2. The van der Waals surface area contributed by atoms with Gasteiger partial charge in [0.1, 0.15) is 0 Å². The predicted octanol–water partition coefficient (Wildman–Crippen LogP) is 5.45. The van der Waals surface area contributed by atoms with E-state index in [0.717, 1.165) is 21.7 Å². The molecule has 0 aliphatic heterocycles. The van der Waals surface area contributed by atoms with Gasteiger partial charge in [0.05, 0.1) is 22.9 Å². The van der Waals surface area contributed by atoms with Crippen LogP contribution >= 0.6 is 0 Å². The van der Waals surface area contributed by atoms with Crippen molar-refractivity contribution in [3.8, 4) is 11.3 Å². The monoisotopic (exact) mass is 380 g/mol. The molecule has 4 rings (SSSR count). The second kappa shape index (κ2) is 5.77. The van der Waals surface area contributed by atoms with Gasteiger partial charge < -0.3 is 0 Å². The van der Waals surface area contributed by atoms with Gasteiger partial charge in [-0.2, -0.15) is 23.4 Å². The van der Waals surface area contributed by atoms with Crippen molar-refractivity contribution in [2.45, 2.75) is 26.4 Å². The Balaban J connectivity index is 2.11. The lowest BCUT2D eigenvalue weighted by molar-refractivity contribution is -0.141. The van der Waals surface area contributed by atoms with E-state index in [4.69, 9.17) is 0 Å². The summed E-state index contributed by atoms with van der Waals surface area (Å²) in [5, 5.41) is 11.0. The molecule has 0 bridgehead atoms. The van der Waals surface area contributed by atoms with Gasteiger partial charge in [0.15, 0.2) is 5.69 Å². The van der Waals surface area contributed by atoms with E-state index in [1.165, 1.54) is 19.2 Å². The molecule has 1 N–H and O–H groups in total. The van der Waals surface area contributed by atoms with Gasteiger partial charge in [-0.1, -0.05) is 0 Å². The Hall–Kier alpha value is -2.97. The summed E-state index contributed by atoms with van der Waals surface area (Å²) in [7, 11) is 0. The lowest BCUT2D eigenvalue weighted by atomic mass is 10.00. The van der Waals surface area contributed by atoms with E-state index in [-0.39, 0.29) is 22.3 Å². The van der Waals surface area contributed by atoms with E-state index >= 15 is 0 Å². The minimum atomic E-state index is -4.68. The van der Waals surface area contributed by atoms with Gasteiger partial charge in [0, 0.05) is 16.5 Å². The van der Waals surface area contributed by atoms with Crippen molar-refractivity contribution in [2.75, 3.05) is 0 Å². The number of rotatable bonds is 2. The van der Waals surface area contributed by atoms with Crippen LogP contribution < -0.4 is 0 Å². The van der Waals surface area contributed by atoms with Crippen LogP contribution in [0.1, 0.15) is 28.8 Å². The molecule has 3 heterocycles. The largest absolute Gasteiger partial charge is 0.435 e. The zero-order chi connectivity index (χ0) is 19.5. The number of halogens is 5. The maximum atomic E-state index is 13.7. The Morgan fingerprint density at radius 1 is 1.04 bits per heavy atom. The summed E-state index contributed by atoms with van der Waals surface area (Å²) in [5.74, 6) is 0. The summed E-state index contributed by atoms with van der Waals surface area (Å²) in [6.07, 6.45) is -6.02. The van der Waals surface area contributed by atoms with E-state index in [2.05, 4.69) is 15.3 Å². The number of hydrogen-bond acceptors (Lipinski definition) is 2. The first-order valence-electron chi connectivity index (χ1n) is 7.99. The Kier molecular flexibility index (Phi) is 3.72. The molecule has 0 saturated carbocycles. The Morgan fingerprint density at radius 3 is 2.44 bits per heavy atom. The van der Waals surface area contributed by atoms with Gasteiger partial charge in [0.2, 0.25) is 0 Å². The quantitative estimate of drug-likeness (QED) is 0.470. The molecule has 3 aromatic heterocycles. The number of fused-ring (bicyclic) bond motifs is 2. The van der Waals surface area contributed by atoms with Gasteiger partial charge >= 0.3 is 6.18 Å². The molecular formula is C18H13F5N4. The lowest BCUT2D eigenvalue weighted by Gasteiger charge is -2.14. The molecule has 4 nitrogen and oxygen atoms in total. The van der Waals surface area contributed by atoms with Gasteiger partial charge in [-0.15, -0.1) is 0 Å². The minimum Gasteiger partial charge on any atom is -0.278 e. The van der Waals surface area contributed by atoms with Crippen molar-refractivity contribution >= 4 is 16.4 Å². The smallest absolute Gasteiger partial charge is 0.278 e. The molecule has 0 spiro atoms. The highest BCUT2D eigenvalue weighted by Crippen LogP contribution is 2.37. The molecule has 0 amide bonds. The van der Waals surface area contributed by atoms with Crippen LogP contribution in [0.15, 0.2) is 30.5 Å². The summed E-state index contributed by atoms with van der Waals surface area (Å²) in [6, 6.07) is 5.32. The van der Waals surface area contributed by atoms with Crippen LogP contribution in [-0.4, -0.2) is 19.8 Å². The average molecular weight is 380 g/mol. The lowest BCUT2D eigenvalue weighted by Crippen LogP contribution is -2.07. The number of nitrogens with zero attached hydrogens (tertiary/aromatic N) is 3. The molecule has 0 atom stereocenters. The number of aromatic amines is 1. The van der Waals surface area contributed by atoms with Crippen LogP contribution in [0, 0.1) is 13.8 Å². The van der Waals surface area contributed by atoms with Crippen LogP contribution in [0.4, 0.5) is 22.0 Å². The molecule has 0 aliphatic rings. The van der Waals surface area contributed by atoms with E-state index in [9.17, 15) is 22.0 Å². The number of aromatic nitrogens is 4. The van der Waals surface area contributed by atoms with Crippen LogP contribution in [0.3, 0.4) is 0 Å². The van der Waals surface area contributed by atoms with Crippen molar-refractivity contribution in [1.82, 2.24) is 19.8 Å². The summed E-state index contributed by atoms with van der Waals surface area (Å²) < 4.78 is 67.9. The fraction of sp³-hybridized carbons (Fsp3) is 0.222. The Morgan fingerprint density at radius 2 is 1.78 bits per heavy atom. The third-order valence-corrected chi connectivity index (χ3v) is 4.52. The second-order valence-electron chi connectivity index (χ2n) is 6.38. The Bertz CT molecular complexity index is 1170. The third-order valence-electron chi connectivity index (χ3n) is 4.52. The highest BCUT2D eigenvalue weighted by molar-refractivity contribution is 5.87. The van der Waals surface area contributed by atoms with Gasteiger partial charge in [-0.3, -0.25) is 5.10 Å². The fourth-order valence-electron chi connectivity index (χ4n) is 3.30. The van der Waals surface area contributed by atoms with E-state index in [1.54, 1.807) is 19.1 Å². The van der Waals surface area contributed by atoms with Crippen molar-refractivity contribution in [3.05, 3.63) is 52.8 Å². The number of H-pyrrole nitrogens is 1. The van der Waals surface area contributed by atoms with Crippen LogP contribution in [0.5, 0.6) is 0 Å². The summed E-state index contributed by atoms with van der Waals surface area (Å²) in [4.78, 5) is 0. The highest BCUT2D eigenvalue weighted by atomic mass is 19.4. The molecule has 4 aromatic rings. The fourth-order valence-corrected chi connectivity index (χ4v) is 3.30. The molecule has 0 unspecified atom stereocenters. The van der Waals surface area contributed by atoms with Gasteiger partial charge in [0.25, 0.3) is 6.43 Å². The maximum absolute atomic E-state index is 13.7. The molecule has 140 valence electrons. The normalized spacial score (nSPS) is 12.6. The standard InChI is InChI=1S/C18H13F5N4/c1-8-4-12(17(19)20)16(27-13(8)6-14(26-27)18(21,22)23)10-3-9(2)15-11(5-10)7-24-25-15/h3-7,17H,1-2H3,(H,24,25). The molecule has 0 aliphatic carbocycles. The van der Waals surface area contributed by atoms with Crippen LogP contribution in [0.25, 0.3) is 27.7 Å². The number of alkyl halides is 5. The molecular weight excluding hydrogens is 367 g/mol. The molecule has 0 fully saturated rings. The molecule has 0 saturated heterocycles. The molecule has 1 aromatic carbocycles. The number of benzene rings is 1. The molecule has 0 radical (unpaired) electrons. The van der Waals surface area contributed by atoms with Crippen LogP contribution in [0.2, 0.25) is 0 Å².